The van der Waals surface area contributed by atoms with Crippen LogP contribution in [0.15, 0.2) is 36.4 Å². The van der Waals surface area contributed by atoms with E-state index in [1.54, 1.807) is 11.8 Å². The fourth-order valence-corrected chi connectivity index (χ4v) is 4.16. The van der Waals surface area contributed by atoms with Crippen molar-refractivity contribution in [2.75, 3.05) is 11.1 Å². The number of aromatic nitrogens is 2. The molecule has 1 aliphatic rings. The zero-order valence-electron chi connectivity index (χ0n) is 15.3. The Labute approximate surface area is 154 Å². The Bertz CT molecular complexity index is 712. The average molecular weight is 358 g/mol. The molecule has 1 fully saturated rings. The van der Waals surface area contributed by atoms with Crippen molar-refractivity contribution < 1.29 is 4.79 Å². The molecule has 1 saturated carbocycles. The van der Waals surface area contributed by atoms with Gasteiger partial charge in [-0.25, -0.2) is 4.68 Å². The van der Waals surface area contributed by atoms with E-state index in [1.807, 2.05) is 41.1 Å². The van der Waals surface area contributed by atoms with E-state index in [2.05, 4.69) is 26.1 Å². The Kier molecular flexibility index (Phi) is 5.52. The molecule has 3 rings (SSSR count). The summed E-state index contributed by atoms with van der Waals surface area (Å²) in [6.45, 7) is 6.39. The van der Waals surface area contributed by atoms with Crippen molar-refractivity contribution in [2.24, 2.45) is 0 Å². The lowest BCUT2D eigenvalue weighted by atomic mass is 9.92. The van der Waals surface area contributed by atoms with Crippen LogP contribution in [0.4, 0.5) is 5.82 Å². The number of nitrogens with one attached hydrogen (secondary N) is 1. The number of thioether (sulfide) groups is 1. The maximum absolute atomic E-state index is 12.4. The lowest BCUT2D eigenvalue weighted by Gasteiger charge is -2.14. The van der Waals surface area contributed by atoms with Crippen LogP contribution in [-0.4, -0.2) is 26.7 Å². The fourth-order valence-electron chi connectivity index (χ4n) is 3.03. The number of amides is 1. The molecular formula is C20H27N3OS. The van der Waals surface area contributed by atoms with Crippen LogP contribution in [0, 0.1) is 0 Å². The van der Waals surface area contributed by atoms with E-state index < -0.39 is 0 Å². The van der Waals surface area contributed by atoms with Crippen molar-refractivity contribution >= 4 is 23.5 Å². The molecule has 1 aromatic carbocycles. The van der Waals surface area contributed by atoms with Gasteiger partial charge in [-0.2, -0.15) is 5.10 Å². The van der Waals surface area contributed by atoms with Crippen LogP contribution >= 0.6 is 11.8 Å². The van der Waals surface area contributed by atoms with Crippen molar-refractivity contribution in [1.82, 2.24) is 9.78 Å². The Morgan fingerprint density at radius 1 is 1.24 bits per heavy atom. The highest BCUT2D eigenvalue weighted by molar-refractivity contribution is 8.00. The van der Waals surface area contributed by atoms with E-state index in [0.717, 1.165) is 17.2 Å². The SMILES string of the molecule is CC(C)(C)c1cc(NC(=O)CSC2CCCC2)n(-c2ccccc2)n1. The molecule has 134 valence electrons. The number of carbonyl (C=O) groups excluding carboxylic acids is 1. The number of anilines is 1. The summed E-state index contributed by atoms with van der Waals surface area (Å²) in [5, 5.41) is 8.45. The van der Waals surface area contributed by atoms with Gasteiger partial charge in [0.2, 0.25) is 5.91 Å². The Morgan fingerprint density at radius 2 is 1.92 bits per heavy atom. The van der Waals surface area contributed by atoms with Crippen LogP contribution < -0.4 is 5.32 Å². The topological polar surface area (TPSA) is 46.9 Å². The number of carbonyl (C=O) groups is 1. The molecule has 0 radical (unpaired) electrons. The molecule has 0 spiro atoms. The van der Waals surface area contributed by atoms with Gasteiger partial charge < -0.3 is 5.32 Å². The van der Waals surface area contributed by atoms with Gasteiger partial charge in [0.25, 0.3) is 0 Å². The first kappa shape index (κ1) is 18.1. The van der Waals surface area contributed by atoms with Crippen LogP contribution in [0.25, 0.3) is 5.69 Å². The number of hydrogen-bond acceptors (Lipinski definition) is 3. The second kappa shape index (κ2) is 7.65. The van der Waals surface area contributed by atoms with Crippen LogP contribution in [-0.2, 0) is 10.2 Å². The molecular weight excluding hydrogens is 330 g/mol. The molecule has 0 saturated heterocycles. The number of hydrogen-bond donors (Lipinski definition) is 1. The molecule has 0 aliphatic heterocycles. The predicted octanol–water partition coefficient (Wildman–Crippen LogP) is 4.78. The second-order valence-electron chi connectivity index (χ2n) is 7.68. The summed E-state index contributed by atoms with van der Waals surface area (Å²) in [5.41, 5.74) is 1.85. The molecule has 1 N–H and O–H groups in total. The van der Waals surface area contributed by atoms with Crippen molar-refractivity contribution in [3.8, 4) is 5.69 Å². The predicted molar refractivity (Wildman–Crippen MR) is 106 cm³/mol. The lowest BCUT2D eigenvalue weighted by molar-refractivity contribution is -0.113. The minimum Gasteiger partial charge on any atom is -0.310 e. The standard InChI is InChI=1S/C20H27N3OS/c1-20(2,3)17-13-18(23(22-17)15-9-5-4-6-10-15)21-19(24)14-25-16-11-7-8-12-16/h4-6,9-10,13,16H,7-8,11-12,14H2,1-3H3,(H,21,24). The Hall–Kier alpha value is -1.75. The Balaban J connectivity index is 1.76. The van der Waals surface area contributed by atoms with Crippen LogP contribution in [0.3, 0.4) is 0 Å². The van der Waals surface area contributed by atoms with Gasteiger partial charge in [0.15, 0.2) is 0 Å². The summed E-state index contributed by atoms with van der Waals surface area (Å²) in [7, 11) is 0. The van der Waals surface area contributed by atoms with Crippen molar-refractivity contribution in [3.05, 3.63) is 42.1 Å². The van der Waals surface area contributed by atoms with Gasteiger partial charge in [-0.05, 0) is 25.0 Å². The first-order valence-corrected chi connectivity index (χ1v) is 10.1. The van der Waals surface area contributed by atoms with Gasteiger partial charge in [-0.15, -0.1) is 11.8 Å². The molecule has 1 amide bonds. The average Bonchev–Trinajstić information content (AvgIpc) is 3.23. The van der Waals surface area contributed by atoms with Gasteiger partial charge in [-0.1, -0.05) is 51.8 Å². The van der Waals surface area contributed by atoms with Crippen LogP contribution in [0.5, 0.6) is 0 Å². The Morgan fingerprint density at radius 3 is 2.56 bits per heavy atom. The molecule has 0 atom stereocenters. The molecule has 1 heterocycles. The third-order valence-electron chi connectivity index (χ3n) is 4.50. The largest absolute Gasteiger partial charge is 0.310 e. The lowest BCUT2D eigenvalue weighted by Crippen LogP contribution is -2.18. The molecule has 1 aromatic heterocycles. The van der Waals surface area contributed by atoms with E-state index in [-0.39, 0.29) is 11.3 Å². The summed E-state index contributed by atoms with van der Waals surface area (Å²) in [4.78, 5) is 12.4. The van der Waals surface area contributed by atoms with Crippen molar-refractivity contribution in [2.45, 2.75) is 57.1 Å². The van der Waals surface area contributed by atoms with Crippen LogP contribution in [0.1, 0.15) is 52.1 Å². The van der Waals surface area contributed by atoms with E-state index in [1.165, 1.54) is 25.7 Å². The number of benzene rings is 1. The maximum atomic E-state index is 12.4. The smallest absolute Gasteiger partial charge is 0.235 e. The van der Waals surface area contributed by atoms with Gasteiger partial charge in [0.1, 0.15) is 5.82 Å². The molecule has 5 heteroatoms. The first-order valence-electron chi connectivity index (χ1n) is 9.01. The molecule has 0 bridgehead atoms. The highest BCUT2D eigenvalue weighted by Crippen LogP contribution is 2.30. The quantitative estimate of drug-likeness (QED) is 0.837. The third kappa shape index (κ3) is 4.66. The monoisotopic (exact) mass is 357 g/mol. The van der Waals surface area contributed by atoms with E-state index in [0.29, 0.717) is 11.0 Å². The van der Waals surface area contributed by atoms with Gasteiger partial charge in [-0.3, -0.25) is 4.79 Å². The molecule has 2 aromatic rings. The number of nitrogens with zero attached hydrogens (tertiary/aromatic N) is 2. The summed E-state index contributed by atoms with van der Waals surface area (Å²) in [6, 6.07) is 11.9. The fraction of sp³-hybridized carbons (Fsp3) is 0.500. The normalized spacial score (nSPS) is 15.5. The highest BCUT2D eigenvalue weighted by Gasteiger charge is 2.22. The molecule has 4 nitrogen and oxygen atoms in total. The second-order valence-corrected chi connectivity index (χ2v) is 8.97. The number of rotatable bonds is 5. The summed E-state index contributed by atoms with van der Waals surface area (Å²) < 4.78 is 1.83. The molecule has 0 unspecified atom stereocenters. The minimum absolute atomic E-state index is 0.0504. The first-order chi connectivity index (χ1) is 11.9. The summed E-state index contributed by atoms with van der Waals surface area (Å²) in [6.07, 6.45) is 5.09. The van der Waals surface area contributed by atoms with Gasteiger partial charge in [0.05, 0.1) is 17.1 Å². The zero-order chi connectivity index (χ0) is 17.9. The zero-order valence-corrected chi connectivity index (χ0v) is 16.1. The van der Waals surface area contributed by atoms with E-state index in [4.69, 9.17) is 5.10 Å². The van der Waals surface area contributed by atoms with Crippen molar-refractivity contribution in [1.29, 1.82) is 0 Å². The summed E-state index contributed by atoms with van der Waals surface area (Å²) in [5.74, 6) is 1.30. The summed E-state index contributed by atoms with van der Waals surface area (Å²) >= 11 is 1.78. The van der Waals surface area contributed by atoms with E-state index in [9.17, 15) is 4.79 Å². The van der Waals surface area contributed by atoms with Crippen molar-refractivity contribution in [3.63, 3.8) is 0 Å². The van der Waals surface area contributed by atoms with Crippen LogP contribution in [0.2, 0.25) is 0 Å². The minimum atomic E-state index is -0.0713. The number of para-hydroxylation sites is 1. The van der Waals surface area contributed by atoms with E-state index >= 15 is 0 Å². The van der Waals surface area contributed by atoms with Gasteiger partial charge in [0, 0.05) is 16.7 Å². The highest BCUT2D eigenvalue weighted by atomic mass is 32.2. The molecule has 25 heavy (non-hydrogen) atoms. The van der Waals surface area contributed by atoms with Gasteiger partial charge >= 0.3 is 0 Å². The third-order valence-corrected chi connectivity index (χ3v) is 5.87. The molecule has 1 aliphatic carbocycles. The maximum Gasteiger partial charge on any atom is 0.235 e.